The number of hydrogen-bond acceptors (Lipinski definition) is 3. The number of halogens is 2. The maximum atomic E-state index is 12.9. The molecule has 1 aromatic carbocycles. The highest BCUT2D eigenvalue weighted by atomic mass is 19.3. The fraction of sp³-hybridized carbons (Fsp3) is 0.571. The first-order valence-electron chi connectivity index (χ1n) is 6.52. The van der Waals surface area contributed by atoms with Crippen LogP contribution in [0.1, 0.15) is 33.1 Å². The number of rotatable bonds is 2. The molecule has 0 bridgehead atoms. The zero-order chi connectivity index (χ0) is 13.7. The Morgan fingerprint density at radius 1 is 1.21 bits per heavy atom. The van der Waals surface area contributed by atoms with E-state index in [4.69, 9.17) is 0 Å². The fourth-order valence-corrected chi connectivity index (χ4v) is 2.83. The topological polar surface area (TPSA) is 30.5 Å². The fourth-order valence-electron chi connectivity index (χ4n) is 2.83. The van der Waals surface area contributed by atoms with E-state index < -0.39 is 6.29 Å². The van der Waals surface area contributed by atoms with Gasteiger partial charge in [-0.1, -0.05) is 20.3 Å². The third-order valence-electron chi connectivity index (χ3n) is 4.00. The second kappa shape index (κ2) is 3.99. The maximum Gasteiger partial charge on any atom is 0.586 e. The molecular weight excluding hydrogens is 252 g/mol. The van der Waals surface area contributed by atoms with E-state index in [-0.39, 0.29) is 16.9 Å². The Hall–Kier alpha value is -1.52. The lowest BCUT2D eigenvalue weighted by Gasteiger charge is -2.28. The minimum absolute atomic E-state index is 0.0845. The molecule has 104 valence electrons. The average Bonchev–Trinajstić information content (AvgIpc) is 2.77. The summed E-state index contributed by atoms with van der Waals surface area (Å²) in [6, 6.07) is 5.19. The predicted molar refractivity (Wildman–Crippen MR) is 67.7 cm³/mol. The van der Waals surface area contributed by atoms with Gasteiger partial charge in [-0.2, -0.15) is 0 Å². The largest absolute Gasteiger partial charge is 0.586 e. The quantitative estimate of drug-likeness (QED) is 0.880. The zero-order valence-electron chi connectivity index (χ0n) is 11.0. The van der Waals surface area contributed by atoms with Crippen molar-refractivity contribution in [3.8, 4) is 11.5 Å². The first-order chi connectivity index (χ1) is 8.86. The molecule has 0 radical (unpaired) electrons. The maximum absolute atomic E-state index is 12.9. The van der Waals surface area contributed by atoms with Gasteiger partial charge in [0.05, 0.1) is 0 Å². The van der Waals surface area contributed by atoms with Crippen LogP contribution in [0.25, 0.3) is 0 Å². The van der Waals surface area contributed by atoms with Crippen LogP contribution in [-0.4, -0.2) is 12.3 Å². The van der Waals surface area contributed by atoms with Gasteiger partial charge in [-0.3, -0.25) is 0 Å². The Balaban J connectivity index is 1.78. The molecule has 1 heterocycles. The molecule has 3 nitrogen and oxygen atoms in total. The van der Waals surface area contributed by atoms with E-state index in [2.05, 4.69) is 28.6 Å². The van der Waals surface area contributed by atoms with Gasteiger partial charge in [0.15, 0.2) is 11.5 Å². The van der Waals surface area contributed by atoms with Gasteiger partial charge in [-0.25, -0.2) is 0 Å². The molecule has 1 atom stereocenters. The van der Waals surface area contributed by atoms with Crippen LogP contribution in [0.2, 0.25) is 0 Å². The Morgan fingerprint density at radius 2 is 1.95 bits per heavy atom. The molecule has 1 aliphatic carbocycles. The lowest BCUT2D eigenvalue weighted by atomic mass is 9.87. The van der Waals surface area contributed by atoms with Crippen LogP contribution < -0.4 is 14.8 Å². The van der Waals surface area contributed by atoms with E-state index in [9.17, 15) is 8.78 Å². The third kappa shape index (κ3) is 2.33. The van der Waals surface area contributed by atoms with Crippen LogP contribution >= 0.6 is 0 Å². The number of ether oxygens (including phenoxy) is 2. The van der Waals surface area contributed by atoms with Crippen molar-refractivity contribution in [1.82, 2.24) is 0 Å². The molecule has 19 heavy (non-hydrogen) atoms. The molecule has 0 amide bonds. The highest BCUT2D eigenvalue weighted by Gasteiger charge is 2.43. The Morgan fingerprint density at radius 3 is 2.63 bits per heavy atom. The van der Waals surface area contributed by atoms with Crippen molar-refractivity contribution in [1.29, 1.82) is 0 Å². The van der Waals surface area contributed by atoms with Gasteiger partial charge in [0, 0.05) is 17.8 Å². The summed E-state index contributed by atoms with van der Waals surface area (Å²) < 4.78 is 34.7. The van der Waals surface area contributed by atoms with E-state index >= 15 is 0 Å². The number of fused-ring (bicyclic) bond motifs is 1. The molecule has 1 aliphatic heterocycles. The van der Waals surface area contributed by atoms with Gasteiger partial charge in [-0.15, -0.1) is 8.78 Å². The second-order valence-corrected chi connectivity index (χ2v) is 5.91. The minimum Gasteiger partial charge on any atom is -0.395 e. The summed E-state index contributed by atoms with van der Waals surface area (Å²) in [5.41, 5.74) is 1.01. The minimum atomic E-state index is -3.55. The number of alkyl halides is 2. The molecule has 1 fully saturated rings. The van der Waals surface area contributed by atoms with Crippen molar-refractivity contribution < 1.29 is 18.3 Å². The smallest absolute Gasteiger partial charge is 0.395 e. The van der Waals surface area contributed by atoms with Gasteiger partial charge in [0.25, 0.3) is 0 Å². The number of hydrogen-bond donors (Lipinski definition) is 1. The molecule has 5 heteroatoms. The summed E-state index contributed by atoms with van der Waals surface area (Å²) in [7, 11) is 0. The van der Waals surface area contributed by atoms with Crippen LogP contribution in [-0.2, 0) is 0 Å². The molecule has 3 rings (SSSR count). The van der Waals surface area contributed by atoms with Crippen LogP contribution in [0.15, 0.2) is 18.2 Å². The monoisotopic (exact) mass is 269 g/mol. The Kier molecular flexibility index (Phi) is 2.62. The van der Waals surface area contributed by atoms with Crippen LogP contribution in [0.5, 0.6) is 11.5 Å². The predicted octanol–water partition coefficient (Wildman–Crippen LogP) is 4.00. The summed E-state index contributed by atoms with van der Waals surface area (Å²) in [6.07, 6.45) is -0.0915. The average molecular weight is 269 g/mol. The van der Waals surface area contributed by atoms with Crippen molar-refractivity contribution in [3.05, 3.63) is 18.2 Å². The molecule has 1 aromatic rings. The van der Waals surface area contributed by atoms with E-state index in [1.54, 1.807) is 12.1 Å². The standard InChI is InChI=1S/C14H17F2NO2/c1-13(2)7-3-4-12(13)17-9-5-6-10-11(8-9)19-14(15,16)18-10/h5-6,8,12,17H,3-4,7H2,1-2H3. The van der Waals surface area contributed by atoms with Crippen molar-refractivity contribution in [2.75, 3.05) is 5.32 Å². The lowest BCUT2D eigenvalue weighted by molar-refractivity contribution is -0.286. The van der Waals surface area contributed by atoms with Crippen molar-refractivity contribution >= 4 is 5.69 Å². The summed E-state index contributed by atoms with van der Waals surface area (Å²) in [6.45, 7) is 4.44. The van der Waals surface area contributed by atoms with E-state index in [0.717, 1.165) is 12.1 Å². The zero-order valence-corrected chi connectivity index (χ0v) is 11.0. The molecule has 1 saturated carbocycles. The number of benzene rings is 1. The first-order valence-corrected chi connectivity index (χ1v) is 6.52. The van der Waals surface area contributed by atoms with E-state index in [1.807, 2.05) is 0 Å². The summed E-state index contributed by atoms with van der Waals surface area (Å²) in [4.78, 5) is 0. The van der Waals surface area contributed by atoms with E-state index in [0.29, 0.717) is 6.04 Å². The SMILES string of the molecule is CC1(C)CCCC1Nc1ccc2c(c1)OC(F)(F)O2. The number of nitrogens with one attached hydrogen (secondary N) is 1. The first kappa shape index (κ1) is 12.5. The van der Waals surface area contributed by atoms with Gasteiger partial charge in [0.2, 0.25) is 0 Å². The van der Waals surface area contributed by atoms with Crippen LogP contribution in [0, 0.1) is 5.41 Å². The van der Waals surface area contributed by atoms with E-state index in [1.165, 1.54) is 18.9 Å². The van der Waals surface area contributed by atoms with Gasteiger partial charge in [-0.05, 0) is 30.4 Å². The van der Waals surface area contributed by atoms with Crippen molar-refractivity contribution in [2.45, 2.75) is 45.4 Å². The Labute approximate surface area is 110 Å². The molecule has 1 unspecified atom stereocenters. The summed E-state index contributed by atoms with van der Waals surface area (Å²) in [5, 5.41) is 3.41. The molecule has 2 aliphatic rings. The third-order valence-corrected chi connectivity index (χ3v) is 4.00. The Bertz CT molecular complexity index is 502. The van der Waals surface area contributed by atoms with Gasteiger partial charge in [0.1, 0.15) is 0 Å². The van der Waals surface area contributed by atoms with Gasteiger partial charge >= 0.3 is 6.29 Å². The number of anilines is 1. The molecule has 0 saturated heterocycles. The van der Waals surface area contributed by atoms with Gasteiger partial charge < -0.3 is 14.8 Å². The summed E-state index contributed by atoms with van der Waals surface area (Å²) >= 11 is 0. The van der Waals surface area contributed by atoms with Crippen LogP contribution in [0.4, 0.5) is 14.5 Å². The van der Waals surface area contributed by atoms with Crippen LogP contribution in [0.3, 0.4) is 0 Å². The second-order valence-electron chi connectivity index (χ2n) is 5.91. The molecule has 1 N–H and O–H groups in total. The lowest BCUT2D eigenvalue weighted by Crippen LogP contribution is -2.30. The van der Waals surface area contributed by atoms with Crippen molar-refractivity contribution in [3.63, 3.8) is 0 Å². The molecular formula is C14H17F2NO2. The van der Waals surface area contributed by atoms with Crippen molar-refractivity contribution in [2.24, 2.45) is 5.41 Å². The molecule has 0 spiro atoms. The summed E-state index contributed by atoms with van der Waals surface area (Å²) in [5.74, 6) is 0.173. The highest BCUT2D eigenvalue weighted by Crippen LogP contribution is 2.44. The molecule has 0 aromatic heterocycles. The highest BCUT2D eigenvalue weighted by molar-refractivity contribution is 5.56. The normalized spacial score (nSPS) is 26.4.